The zero-order valence-corrected chi connectivity index (χ0v) is 19.5. The molecule has 3 heterocycles. The van der Waals surface area contributed by atoms with E-state index in [-0.39, 0.29) is 23.8 Å². The van der Waals surface area contributed by atoms with E-state index in [1.54, 1.807) is 17.9 Å². The third-order valence-corrected chi connectivity index (χ3v) is 7.95. The second-order valence-electron chi connectivity index (χ2n) is 10.0. The van der Waals surface area contributed by atoms with Crippen LogP contribution in [0.5, 0.6) is 0 Å². The smallest absolute Gasteiger partial charge is 0.343 e. The fourth-order valence-corrected chi connectivity index (χ4v) is 5.68. The molecule has 2 saturated heterocycles. The van der Waals surface area contributed by atoms with Gasteiger partial charge in [0.2, 0.25) is 11.8 Å². The minimum absolute atomic E-state index is 0.0347. The number of halogens is 3. The Morgan fingerprint density at radius 1 is 0.941 bits per heavy atom. The lowest BCUT2D eigenvalue weighted by molar-refractivity contribution is -0.141. The molecule has 34 heavy (non-hydrogen) atoms. The van der Waals surface area contributed by atoms with Crippen molar-refractivity contribution in [2.45, 2.75) is 70.0 Å². The largest absolute Gasteiger partial charge is 0.416 e. The molecule has 6 nitrogen and oxygen atoms in total. The number of likely N-dealkylation sites (tertiary alicyclic amines) is 2. The molecule has 5 rings (SSSR count). The van der Waals surface area contributed by atoms with Crippen molar-refractivity contribution in [2.75, 3.05) is 26.2 Å². The first-order chi connectivity index (χ1) is 16.2. The van der Waals surface area contributed by atoms with Gasteiger partial charge >= 0.3 is 6.18 Å². The molecule has 0 bridgehead atoms. The number of hydrogen-bond acceptors (Lipinski definition) is 3. The summed E-state index contributed by atoms with van der Waals surface area (Å²) in [4.78, 5) is 33.1. The van der Waals surface area contributed by atoms with Crippen LogP contribution in [0.3, 0.4) is 0 Å². The number of nitrogens with zero attached hydrogens (tertiary/aromatic N) is 4. The number of benzene rings is 1. The molecule has 0 atom stereocenters. The van der Waals surface area contributed by atoms with Crippen LogP contribution in [0.1, 0.15) is 75.2 Å². The van der Waals surface area contributed by atoms with Gasteiger partial charge < -0.3 is 14.4 Å². The van der Waals surface area contributed by atoms with Crippen LogP contribution < -0.4 is 0 Å². The molecule has 1 aromatic heterocycles. The summed E-state index contributed by atoms with van der Waals surface area (Å²) in [5.74, 6) is 1.40. The first kappa shape index (κ1) is 23.2. The summed E-state index contributed by atoms with van der Waals surface area (Å²) in [5, 5.41) is 0. The second-order valence-corrected chi connectivity index (χ2v) is 10.0. The maximum atomic E-state index is 13.3. The van der Waals surface area contributed by atoms with Crippen LogP contribution in [-0.2, 0) is 15.8 Å². The fraction of sp³-hybridized carbons (Fsp3) is 0.640. The van der Waals surface area contributed by atoms with Gasteiger partial charge in [-0.3, -0.25) is 9.59 Å². The molecule has 2 aliphatic heterocycles. The van der Waals surface area contributed by atoms with Crippen LogP contribution in [0.4, 0.5) is 13.2 Å². The molecular formula is C25H31F3N4O2. The lowest BCUT2D eigenvalue weighted by Crippen LogP contribution is -2.46. The third kappa shape index (κ3) is 4.29. The van der Waals surface area contributed by atoms with E-state index in [1.165, 1.54) is 6.07 Å². The molecule has 2 amide bonds. The highest BCUT2D eigenvalue weighted by Crippen LogP contribution is 2.41. The van der Waals surface area contributed by atoms with Gasteiger partial charge in [0.15, 0.2) is 0 Å². The molecule has 1 saturated carbocycles. The summed E-state index contributed by atoms with van der Waals surface area (Å²) in [6.45, 7) is 4.11. The van der Waals surface area contributed by atoms with Crippen LogP contribution in [-0.4, -0.2) is 57.3 Å². The Morgan fingerprint density at radius 3 is 2.15 bits per heavy atom. The number of fused-ring (bicyclic) bond motifs is 1. The molecule has 1 aliphatic carbocycles. The zero-order valence-electron chi connectivity index (χ0n) is 19.5. The number of amides is 2. The number of hydrogen-bond donors (Lipinski definition) is 0. The number of alkyl halides is 3. The lowest BCUT2D eigenvalue weighted by atomic mass is 9.84. The first-order valence-electron chi connectivity index (χ1n) is 12.4. The number of piperidine rings is 2. The molecule has 3 aliphatic rings. The molecule has 0 radical (unpaired) electrons. The van der Waals surface area contributed by atoms with Crippen molar-refractivity contribution < 1.29 is 22.8 Å². The summed E-state index contributed by atoms with van der Waals surface area (Å²) in [6.07, 6.45) is 1.72. The average molecular weight is 477 g/mol. The van der Waals surface area contributed by atoms with E-state index < -0.39 is 11.7 Å². The van der Waals surface area contributed by atoms with Crippen LogP contribution in [0.15, 0.2) is 18.2 Å². The van der Waals surface area contributed by atoms with Gasteiger partial charge in [-0.15, -0.1) is 0 Å². The number of carbonyl (C=O) groups excluding carboxylic acids is 2. The molecule has 9 heteroatoms. The Hall–Kier alpha value is -2.58. The highest BCUT2D eigenvalue weighted by atomic mass is 19.4. The van der Waals surface area contributed by atoms with E-state index >= 15 is 0 Å². The Labute approximate surface area is 197 Å². The van der Waals surface area contributed by atoms with Crippen molar-refractivity contribution in [1.29, 1.82) is 0 Å². The number of aromatic nitrogens is 2. The SMILES string of the molecule is CC(=O)N1CCC(C(=O)N2CCC(n3c(C4CCC4)nc4cc(C(F)(F)F)ccc43)CC2)CC1. The third-order valence-electron chi connectivity index (χ3n) is 7.95. The maximum absolute atomic E-state index is 13.3. The second kappa shape index (κ2) is 8.89. The van der Waals surface area contributed by atoms with Crippen molar-refractivity contribution >= 4 is 22.8 Å². The highest BCUT2D eigenvalue weighted by molar-refractivity contribution is 5.80. The van der Waals surface area contributed by atoms with Gasteiger partial charge in [0, 0.05) is 51.0 Å². The molecule has 0 spiro atoms. The topological polar surface area (TPSA) is 58.4 Å². The Bertz CT molecular complexity index is 1080. The monoisotopic (exact) mass is 476 g/mol. The molecule has 1 aromatic carbocycles. The highest BCUT2D eigenvalue weighted by Gasteiger charge is 2.35. The maximum Gasteiger partial charge on any atom is 0.416 e. The molecule has 2 aromatic rings. The van der Waals surface area contributed by atoms with Crippen molar-refractivity contribution in [3.8, 4) is 0 Å². The number of rotatable bonds is 3. The van der Waals surface area contributed by atoms with E-state index in [2.05, 4.69) is 9.55 Å². The van der Waals surface area contributed by atoms with Crippen molar-refractivity contribution in [1.82, 2.24) is 19.4 Å². The minimum atomic E-state index is -4.39. The predicted molar refractivity (Wildman–Crippen MR) is 121 cm³/mol. The van der Waals surface area contributed by atoms with E-state index in [4.69, 9.17) is 0 Å². The van der Waals surface area contributed by atoms with Crippen molar-refractivity contribution in [3.63, 3.8) is 0 Å². The molecule has 0 unspecified atom stereocenters. The van der Waals surface area contributed by atoms with E-state index in [0.29, 0.717) is 50.5 Å². The fourth-order valence-electron chi connectivity index (χ4n) is 5.68. The van der Waals surface area contributed by atoms with Gasteiger partial charge in [0.25, 0.3) is 0 Å². The van der Waals surface area contributed by atoms with Crippen molar-refractivity contribution in [3.05, 3.63) is 29.6 Å². The summed E-state index contributed by atoms with van der Waals surface area (Å²) in [6, 6.07) is 4.01. The van der Waals surface area contributed by atoms with E-state index in [1.807, 2.05) is 4.90 Å². The van der Waals surface area contributed by atoms with E-state index in [9.17, 15) is 22.8 Å². The van der Waals surface area contributed by atoms with Crippen LogP contribution in [0, 0.1) is 5.92 Å². The minimum Gasteiger partial charge on any atom is -0.343 e. The lowest BCUT2D eigenvalue weighted by Gasteiger charge is -2.38. The van der Waals surface area contributed by atoms with Crippen LogP contribution in [0.25, 0.3) is 11.0 Å². The van der Waals surface area contributed by atoms with Gasteiger partial charge in [0.1, 0.15) is 5.82 Å². The summed E-state index contributed by atoms with van der Waals surface area (Å²) in [5.41, 5.74) is 0.504. The normalized spacial score (nSPS) is 21.2. The average Bonchev–Trinajstić information content (AvgIpc) is 3.15. The van der Waals surface area contributed by atoms with Gasteiger partial charge in [-0.25, -0.2) is 4.98 Å². The van der Waals surface area contributed by atoms with Crippen LogP contribution in [0.2, 0.25) is 0 Å². The van der Waals surface area contributed by atoms with E-state index in [0.717, 1.165) is 49.5 Å². The zero-order chi connectivity index (χ0) is 24.0. The summed E-state index contributed by atoms with van der Waals surface area (Å²) < 4.78 is 41.9. The molecule has 184 valence electrons. The van der Waals surface area contributed by atoms with Crippen molar-refractivity contribution in [2.24, 2.45) is 5.92 Å². The predicted octanol–water partition coefficient (Wildman–Crippen LogP) is 4.74. The summed E-state index contributed by atoms with van der Waals surface area (Å²) >= 11 is 0. The van der Waals surface area contributed by atoms with Gasteiger partial charge in [-0.2, -0.15) is 13.2 Å². The first-order valence-corrected chi connectivity index (χ1v) is 12.4. The number of carbonyl (C=O) groups is 2. The van der Waals surface area contributed by atoms with Gasteiger partial charge in [-0.1, -0.05) is 6.42 Å². The Balaban J connectivity index is 1.31. The van der Waals surface area contributed by atoms with Gasteiger partial charge in [0.05, 0.1) is 16.6 Å². The number of imidazole rings is 1. The summed E-state index contributed by atoms with van der Waals surface area (Å²) in [7, 11) is 0. The Morgan fingerprint density at radius 2 is 1.59 bits per heavy atom. The molecular weight excluding hydrogens is 445 g/mol. The molecule has 0 N–H and O–H groups in total. The standard InChI is InChI=1S/C25H31F3N4O2/c1-16(33)30-11-7-18(8-12-30)24(34)31-13-9-20(10-14-31)32-22-6-5-19(25(26,27)28)15-21(22)29-23(32)17-3-2-4-17/h5-6,15,17-18,20H,2-4,7-14H2,1H3. The van der Waals surface area contributed by atoms with Crippen LogP contribution >= 0.6 is 0 Å². The van der Waals surface area contributed by atoms with Gasteiger partial charge in [-0.05, 0) is 56.7 Å². The quantitative estimate of drug-likeness (QED) is 0.643. The Kier molecular flexibility index (Phi) is 6.06. The molecule has 3 fully saturated rings.